The summed E-state index contributed by atoms with van der Waals surface area (Å²) < 4.78 is 6.98. The molecule has 5 nitrogen and oxygen atoms in total. The van der Waals surface area contributed by atoms with Gasteiger partial charge >= 0.3 is 6.09 Å². The number of aryl methyl sites for hydroxylation is 1. The number of amides is 1. The van der Waals surface area contributed by atoms with E-state index in [0.717, 1.165) is 30.4 Å². The van der Waals surface area contributed by atoms with Gasteiger partial charge in [-0.05, 0) is 94.2 Å². The highest BCUT2D eigenvalue weighted by Gasteiger charge is 2.41. The summed E-state index contributed by atoms with van der Waals surface area (Å²) in [5.74, 6) is 0.652. The first-order valence-corrected chi connectivity index (χ1v) is 13.0. The van der Waals surface area contributed by atoms with Gasteiger partial charge in [0.05, 0.1) is 17.8 Å². The van der Waals surface area contributed by atoms with Crippen LogP contribution >= 0.6 is 15.9 Å². The fraction of sp³-hybridized carbons (Fsp3) is 0.556. The first-order chi connectivity index (χ1) is 15.8. The van der Waals surface area contributed by atoms with Crippen LogP contribution in [0.15, 0.2) is 41.0 Å². The Balaban J connectivity index is 1.45. The molecule has 2 aromatic rings. The minimum atomic E-state index is -0.512. The number of carbonyl (C=O) groups excluding carboxylic acids is 1. The van der Waals surface area contributed by atoms with E-state index in [0.29, 0.717) is 18.5 Å². The zero-order chi connectivity index (χ0) is 23.2. The number of nitrogens with zero attached hydrogens (tertiary/aromatic N) is 3. The summed E-state index contributed by atoms with van der Waals surface area (Å²) in [7, 11) is 0. The summed E-state index contributed by atoms with van der Waals surface area (Å²) >= 11 is 3.76. The zero-order valence-corrected chi connectivity index (χ0v) is 21.5. The first kappa shape index (κ1) is 22.9. The molecule has 33 heavy (non-hydrogen) atoms. The van der Waals surface area contributed by atoms with Gasteiger partial charge in [0.15, 0.2) is 0 Å². The van der Waals surface area contributed by atoms with E-state index in [1.165, 1.54) is 41.6 Å². The fourth-order valence-electron chi connectivity index (χ4n) is 5.93. The monoisotopic (exact) mass is 511 g/mol. The van der Waals surface area contributed by atoms with Gasteiger partial charge in [-0.25, -0.2) is 4.79 Å². The molecule has 1 aromatic carbocycles. The van der Waals surface area contributed by atoms with E-state index in [1.54, 1.807) is 0 Å². The Bertz CT molecular complexity index is 1030. The molecule has 1 saturated heterocycles. The van der Waals surface area contributed by atoms with E-state index >= 15 is 0 Å². The predicted octanol–water partition coefficient (Wildman–Crippen LogP) is 5.91. The first-order valence-electron chi connectivity index (χ1n) is 12.2. The highest BCUT2D eigenvalue weighted by molar-refractivity contribution is 9.10. The number of hydrogen-bond donors (Lipinski definition) is 0. The molecule has 5 rings (SSSR count). The quantitative estimate of drug-likeness (QED) is 0.502. The van der Waals surface area contributed by atoms with Crippen LogP contribution in [-0.2, 0) is 24.1 Å². The van der Waals surface area contributed by atoms with Crippen LogP contribution in [0.25, 0.3) is 0 Å². The van der Waals surface area contributed by atoms with Gasteiger partial charge < -0.3 is 4.74 Å². The number of benzene rings is 1. The van der Waals surface area contributed by atoms with Crippen molar-refractivity contribution in [3.8, 4) is 0 Å². The van der Waals surface area contributed by atoms with E-state index in [1.807, 2.05) is 31.9 Å². The Morgan fingerprint density at radius 3 is 2.82 bits per heavy atom. The molecule has 0 radical (unpaired) electrons. The van der Waals surface area contributed by atoms with E-state index < -0.39 is 5.60 Å². The molecule has 176 valence electrons. The average Bonchev–Trinajstić information content (AvgIpc) is 2.78. The standard InChI is InChI=1S/C27H34BrN3O2/c1-27(2,3)33-26(32)31-16-20-7-4-10-23(28)22(20)15-21(31)17-30-14-6-9-19-12-11-18-8-5-13-29-24(18)25(19)30/h4-5,7-8,10,13,19,21,25H,6,9,11-12,14-17H2,1-3H3/t19-,21?,25-/m0/s1. The maximum absolute atomic E-state index is 13.3. The maximum atomic E-state index is 13.3. The van der Waals surface area contributed by atoms with Gasteiger partial charge in [0.2, 0.25) is 0 Å². The molecular formula is C27H34BrN3O2. The van der Waals surface area contributed by atoms with Crippen LogP contribution < -0.4 is 0 Å². The summed E-state index contributed by atoms with van der Waals surface area (Å²) in [4.78, 5) is 22.7. The van der Waals surface area contributed by atoms with Crippen molar-refractivity contribution in [1.29, 1.82) is 0 Å². The lowest BCUT2D eigenvalue weighted by atomic mass is 9.76. The molecule has 3 heterocycles. The van der Waals surface area contributed by atoms with Crippen LogP contribution in [0.4, 0.5) is 4.79 Å². The molecule has 0 spiro atoms. The van der Waals surface area contributed by atoms with Crippen molar-refractivity contribution in [1.82, 2.24) is 14.8 Å². The van der Waals surface area contributed by atoms with Crippen molar-refractivity contribution in [2.24, 2.45) is 5.92 Å². The van der Waals surface area contributed by atoms with Crippen LogP contribution in [-0.4, -0.2) is 45.6 Å². The predicted molar refractivity (Wildman–Crippen MR) is 133 cm³/mol. The summed E-state index contributed by atoms with van der Waals surface area (Å²) in [6.45, 7) is 8.30. The number of aromatic nitrogens is 1. The largest absolute Gasteiger partial charge is 0.444 e. The van der Waals surface area contributed by atoms with Gasteiger partial charge in [-0.2, -0.15) is 0 Å². The van der Waals surface area contributed by atoms with Crippen LogP contribution in [0, 0.1) is 5.92 Å². The lowest BCUT2D eigenvalue weighted by Crippen LogP contribution is -2.53. The molecule has 0 bridgehead atoms. The number of carbonyl (C=O) groups is 1. The van der Waals surface area contributed by atoms with E-state index in [-0.39, 0.29) is 12.1 Å². The van der Waals surface area contributed by atoms with Crippen molar-refractivity contribution in [3.05, 3.63) is 63.4 Å². The lowest BCUT2D eigenvalue weighted by Gasteiger charge is -2.47. The fourth-order valence-corrected chi connectivity index (χ4v) is 6.50. The number of piperidine rings is 1. The van der Waals surface area contributed by atoms with Gasteiger partial charge in [-0.3, -0.25) is 14.8 Å². The molecule has 1 amide bonds. The Kier molecular flexibility index (Phi) is 6.25. The van der Waals surface area contributed by atoms with Crippen LogP contribution in [0.1, 0.15) is 68.5 Å². The topological polar surface area (TPSA) is 45.7 Å². The minimum Gasteiger partial charge on any atom is -0.444 e. The van der Waals surface area contributed by atoms with Crippen LogP contribution in [0.2, 0.25) is 0 Å². The normalized spacial score (nSPS) is 25.1. The SMILES string of the molecule is CC(C)(C)OC(=O)N1Cc2cccc(Br)c2CC1CN1CCC[C@H]2CCc3cccnc3[C@H]21. The molecule has 3 aliphatic rings. The minimum absolute atomic E-state index is 0.0684. The summed E-state index contributed by atoms with van der Waals surface area (Å²) in [5, 5.41) is 0. The van der Waals surface area contributed by atoms with Crippen molar-refractivity contribution in [3.63, 3.8) is 0 Å². The second-order valence-electron chi connectivity index (χ2n) is 10.8. The number of halogens is 1. The second-order valence-corrected chi connectivity index (χ2v) is 11.6. The molecule has 0 saturated carbocycles. The third kappa shape index (κ3) is 4.69. The molecule has 1 unspecified atom stereocenters. The van der Waals surface area contributed by atoms with Gasteiger partial charge in [0, 0.05) is 23.8 Å². The smallest absolute Gasteiger partial charge is 0.410 e. The van der Waals surface area contributed by atoms with Gasteiger partial charge in [-0.1, -0.05) is 34.1 Å². The molecular weight excluding hydrogens is 478 g/mol. The van der Waals surface area contributed by atoms with Crippen LogP contribution in [0.3, 0.4) is 0 Å². The lowest BCUT2D eigenvalue weighted by molar-refractivity contribution is -0.00238. The second kappa shape index (κ2) is 9.03. The number of likely N-dealkylation sites (tertiary alicyclic amines) is 1. The summed E-state index contributed by atoms with van der Waals surface area (Å²) in [6.07, 6.45) is 7.40. The number of pyridine rings is 1. The van der Waals surface area contributed by atoms with Gasteiger partial charge in [0.25, 0.3) is 0 Å². The molecule has 3 atom stereocenters. The van der Waals surface area contributed by atoms with Gasteiger partial charge in [0.1, 0.15) is 5.60 Å². The van der Waals surface area contributed by atoms with E-state index in [2.05, 4.69) is 51.2 Å². The third-order valence-corrected chi connectivity index (χ3v) is 8.10. The average molecular weight is 512 g/mol. The highest BCUT2D eigenvalue weighted by atomic mass is 79.9. The number of hydrogen-bond acceptors (Lipinski definition) is 4. The van der Waals surface area contributed by atoms with Crippen molar-refractivity contribution < 1.29 is 9.53 Å². The summed E-state index contributed by atoms with van der Waals surface area (Å²) in [5.41, 5.74) is 4.66. The molecule has 1 fully saturated rings. The highest BCUT2D eigenvalue weighted by Crippen LogP contribution is 2.43. The van der Waals surface area contributed by atoms with Crippen molar-refractivity contribution >= 4 is 22.0 Å². The molecule has 1 aliphatic carbocycles. The number of ether oxygens (including phenoxy) is 1. The number of rotatable bonds is 2. The third-order valence-electron chi connectivity index (χ3n) is 7.36. The Labute approximate surface area is 205 Å². The summed E-state index contributed by atoms with van der Waals surface area (Å²) in [6, 6.07) is 11.0. The van der Waals surface area contributed by atoms with Crippen LogP contribution in [0.5, 0.6) is 0 Å². The van der Waals surface area contributed by atoms with Crippen molar-refractivity contribution in [2.45, 2.75) is 77.1 Å². The Hall–Kier alpha value is -1.92. The molecule has 0 N–H and O–H groups in total. The Morgan fingerprint density at radius 2 is 2.00 bits per heavy atom. The molecule has 2 aliphatic heterocycles. The van der Waals surface area contributed by atoms with Gasteiger partial charge in [-0.15, -0.1) is 0 Å². The Morgan fingerprint density at radius 1 is 1.18 bits per heavy atom. The van der Waals surface area contributed by atoms with E-state index in [9.17, 15) is 4.79 Å². The number of fused-ring (bicyclic) bond motifs is 4. The molecule has 6 heteroatoms. The zero-order valence-electron chi connectivity index (χ0n) is 19.9. The van der Waals surface area contributed by atoms with Crippen molar-refractivity contribution in [2.75, 3.05) is 13.1 Å². The molecule has 1 aromatic heterocycles. The maximum Gasteiger partial charge on any atom is 0.410 e. The van der Waals surface area contributed by atoms with E-state index in [4.69, 9.17) is 9.72 Å².